The molecule has 1 aromatic carbocycles. The first kappa shape index (κ1) is 16.9. The van der Waals surface area contributed by atoms with Crippen molar-refractivity contribution < 1.29 is 23.5 Å². The number of carbonyl (C=O) groups is 1. The van der Waals surface area contributed by atoms with Gasteiger partial charge in [0.1, 0.15) is 10.8 Å². The van der Waals surface area contributed by atoms with Crippen LogP contribution in [0.4, 0.5) is 10.1 Å². The average molecular weight is 368 g/mol. The van der Waals surface area contributed by atoms with E-state index < -0.39 is 35.3 Å². The van der Waals surface area contributed by atoms with Gasteiger partial charge in [0.05, 0.1) is 5.69 Å². The molecule has 22 heavy (non-hydrogen) atoms. The Morgan fingerprint density at radius 2 is 2.05 bits per heavy atom. The third-order valence-electron chi connectivity index (χ3n) is 2.59. The van der Waals surface area contributed by atoms with Crippen LogP contribution in [0.2, 0.25) is 10.2 Å². The van der Waals surface area contributed by atoms with Crippen LogP contribution in [-0.4, -0.2) is 25.2 Å². The molecule has 2 aromatic rings. The molecular weight excluding hydrogens is 359 g/mol. The Labute approximate surface area is 133 Å². The van der Waals surface area contributed by atoms with Crippen LogP contribution in [0, 0.1) is 12.7 Å². The zero-order chi connectivity index (χ0) is 16.7. The fourth-order valence-electron chi connectivity index (χ4n) is 1.59. The highest BCUT2D eigenvalue weighted by molar-refractivity contribution is 7.50. The highest BCUT2D eigenvalue weighted by atomic mass is 35.5. The second-order valence-corrected chi connectivity index (χ2v) is 6.43. The van der Waals surface area contributed by atoms with Gasteiger partial charge in [-0.25, -0.2) is 8.96 Å². The molecule has 1 heterocycles. The maximum atomic E-state index is 13.7. The molecule has 0 aliphatic carbocycles. The van der Waals surface area contributed by atoms with Crippen LogP contribution in [0.1, 0.15) is 16.1 Å². The molecule has 0 unspecified atom stereocenters. The van der Waals surface area contributed by atoms with E-state index in [-0.39, 0.29) is 10.1 Å². The summed E-state index contributed by atoms with van der Waals surface area (Å²) in [5, 5.41) is 4.54. The lowest BCUT2D eigenvalue weighted by atomic mass is 10.2. The van der Waals surface area contributed by atoms with Gasteiger partial charge >= 0.3 is 7.75 Å². The monoisotopic (exact) mass is 367 g/mol. The van der Waals surface area contributed by atoms with E-state index >= 15 is 0 Å². The zero-order valence-electron chi connectivity index (χ0n) is 10.9. The second-order valence-electron chi connectivity index (χ2n) is 4.29. The first-order valence-electron chi connectivity index (χ1n) is 5.69. The predicted molar refractivity (Wildman–Crippen MR) is 78.8 cm³/mol. The third kappa shape index (κ3) is 3.31. The fourth-order valence-corrected chi connectivity index (χ4v) is 2.81. The summed E-state index contributed by atoms with van der Waals surface area (Å²) < 4.78 is 25.0. The van der Waals surface area contributed by atoms with Gasteiger partial charge in [-0.15, -0.1) is 0 Å². The van der Waals surface area contributed by atoms with Gasteiger partial charge in [0.25, 0.3) is 5.91 Å². The van der Waals surface area contributed by atoms with Gasteiger partial charge in [-0.3, -0.25) is 4.79 Å². The molecule has 0 radical (unpaired) electrons. The van der Waals surface area contributed by atoms with Crippen molar-refractivity contribution in [2.24, 2.45) is 0 Å². The summed E-state index contributed by atoms with van der Waals surface area (Å²) in [5.41, 5.74) is -0.00848. The lowest BCUT2D eigenvalue weighted by Crippen LogP contribution is -2.14. The Morgan fingerprint density at radius 3 is 2.55 bits per heavy atom. The number of rotatable bonds is 3. The molecule has 0 spiro atoms. The van der Waals surface area contributed by atoms with Crippen molar-refractivity contribution in [3.8, 4) is 0 Å². The smallest absolute Gasteiger partial charge is 0.318 e. The largest absolute Gasteiger partial charge is 0.451 e. The second kappa shape index (κ2) is 5.98. The average Bonchev–Trinajstić information content (AvgIpc) is 2.69. The summed E-state index contributed by atoms with van der Waals surface area (Å²) >= 11 is 11.4. The number of hydrogen-bond donors (Lipinski definition) is 3. The highest BCUT2D eigenvalue weighted by Crippen LogP contribution is 2.42. The van der Waals surface area contributed by atoms with Crippen molar-refractivity contribution in [3.63, 3.8) is 0 Å². The molecule has 7 nitrogen and oxygen atoms in total. The van der Waals surface area contributed by atoms with Crippen LogP contribution in [-0.2, 0) is 4.57 Å². The number of amides is 1. The van der Waals surface area contributed by atoms with E-state index in [0.29, 0.717) is 5.56 Å². The minimum Gasteiger partial charge on any atom is -0.318 e. The normalized spacial score (nSPS) is 11.5. The summed E-state index contributed by atoms with van der Waals surface area (Å²) in [6.45, 7) is 1.67. The van der Waals surface area contributed by atoms with Crippen LogP contribution in [0.3, 0.4) is 0 Å². The predicted octanol–water partition coefficient (Wildman–Crippen LogP) is 2.83. The van der Waals surface area contributed by atoms with Crippen molar-refractivity contribution in [3.05, 3.63) is 45.4 Å². The summed E-state index contributed by atoms with van der Waals surface area (Å²) in [6.07, 6.45) is 0. The fraction of sp³-hybridized carbons (Fsp3) is 0.0909. The van der Waals surface area contributed by atoms with E-state index in [4.69, 9.17) is 33.0 Å². The number of hydrogen-bond acceptors (Lipinski definition) is 3. The van der Waals surface area contributed by atoms with Gasteiger partial charge < -0.3 is 15.1 Å². The SMILES string of the molecule is Cc1ccc(NC(=O)c2nn(P(=O)(O)O)c(Cl)c2Cl)c(F)c1. The Bertz CT molecular complexity index is 805. The molecule has 1 aromatic heterocycles. The first-order chi connectivity index (χ1) is 10.1. The Morgan fingerprint density at radius 1 is 1.41 bits per heavy atom. The third-order valence-corrected chi connectivity index (χ3v) is 4.30. The molecule has 0 bridgehead atoms. The topological polar surface area (TPSA) is 104 Å². The lowest BCUT2D eigenvalue weighted by Gasteiger charge is -2.05. The van der Waals surface area contributed by atoms with E-state index in [1.165, 1.54) is 12.1 Å². The molecule has 0 fully saturated rings. The van der Waals surface area contributed by atoms with Crippen molar-refractivity contribution >= 4 is 42.5 Å². The quantitative estimate of drug-likeness (QED) is 0.723. The van der Waals surface area contributed by atoms with Gasteiger partial charge in [-0.2, -0.15) is 9.55 Å². The van der Waals surface area contributed by atoms with Crippen LogP contribution < -0.4 is 5.32 Å². The maximum Gasteiger partial charge on any atom is 0.451 e. The standard InChI is InChI=1S/C11H9Cl2FN3O4P/c1-5-2-3-7(6(14)4-5)15-11(18)9-8(12)10(13)17(16-9)22(19,20)21/h2-4H,1H3,(H,15,18)(H2,19,20,21). The molecular formula is C11H9Cl2FN3O4P. The van der Waals surface area contributed by atoms with Crippen LogP contribution in [0.15, 0.2) is 18.2 Å². The zero-order valence-corrected chi connectivity index (χ0v) is 13.3. The number of aryl methyl sites for hydroxylation is 1. The molecule has 0 aliphatic heterocycles. The van der Waals surface area contributed by atoms with Crippen LogP contribution >= 0.6 is 30.9 Å². The van der Waals surface area contributed by atoms with Crippen LogP contribution in [0.25, 0.3) is 0 Å². The van der Waals surface area contributed by atoms with E-state index in [1.54, 1.807) is 13.0 Å². The Kier molecular flexibility index (Phi) is 4.60. The van der Waals surface area contributed by atoms with E-state index in [0.717, 1.165) is 0 Å². The van der Waals surface area contributed by atoms with E-state index in [2.05, 4.69) is 10.4 Å². The van der Waals surface area contributed by atoms with E-state index in [9.17, 15) is 13.8 Å². The van der Waals surface area contributed by atoms with Gasteiger partial charge in [0.15, 0.2) is 10.8 Å². The van der Waals surface area contributed by atoms with Crippen LogP contribution in [0.5, 0.6) is 0 Å². The number of nitrogens with one attached hydrogen (secondary N) is 1. The summed E-state index contributed by atoms with van der Waals surface area (Å²) in [5.74, 6) is -1.63. The maximum absolute atomic E-state index is 13.7. The van der Waals surface area contributed by atoms with Gasteiger partial charge in [-0.1, -0.05) is 29.3 Å². The summed E-state index contributed by atoms with van der Waals surface area (Å²) in [6, 6.07) is 4.11. The molecule has 0 saturated carbocycles. The summed E-state index contributed by atoms with van der Waals surface area (Å²) in [7, 11) is -4.86. The first-order valence-corrected chi connectivity index (χ1v) is 8.01. The number of nitrogens with zero attached hydrogens (tertiary/aromatic N) is 2. The minimum atomic E-state index is -4.86. The number of carbonyl (C=O) groups excluding carboxylic acids is 1. The Hall–Kier alpha value is -1.44. The van der Waals surface area contributed by atoms with Gasteiger partial charge in [-0.05, 0) is 24.6 Å². The molecule has 1 amide bonds. The van der Waals surface area contributed by atoms with Gasteiger partial charge in [0, 0.05) is 0 Å². The number of aromatic nitrogens is 2. The van der Waals surface area contributed by atoms with Crippen molar-refractivity contribution in [2.45, 2.75) is 6.92 Å². The molecule has 11 heteroatoms. The van der Waals surface area contributed by atoms with E-state index in [1.807, 2.05) is 0 Å². The molecule has 2 rings (SSSR count). The number of benzene rings is 1. The minimum absolute atomic E-state index is 0.122. The highest BCUT2D eigenvalue weighted by Gasteiger charge is 2.29. The van der Waals surface area contributed by atoms with Crippen molar-refractivity contribution in [1.29, 1.82) is 0 Å². The Balaban J connectivity index is 2.36. The summed E-state index contributed by atoms with van der Waals surface area (Å²) in [4.78, 5) is 30.1. The van der Waals surface area contributed by atoms with Crippen molar-refractivity contribution in [1.82, 2.24) is 9.55 Å². The molecule has 0 saturated heterocycles. The molecule has 0 aliphatic rings. The number of anilines is 1. The lowest BCUT2D eigenvalue weighted by molar-refractivity contribution is 0.102. The van der Waals surface area contributed by atoms with Gasteiger partial charge in [0.2, 0.25) is 0 Å². The van der Waals surface area contributed by atoms with Crippen molar-refractivity contribution in [2.75, 3.05) is 5.32 Å². The molecule has 0 atom stereocenters. The number of halogens is 3. The molecule has 3 N–H and O–H groups in total. The molecule has 118 valence electrons.